The van der Waals surface area contributed by atoms with E-state index in [9.17, 15) is 31.2 Å². The molecule has 200 valence electrons. The van der Waals surface area contributed by atoms with Gasteiger partial charge in [0, 0.05) is 30.1 Å². The number of primary amides is 1. The van der Waals surface area contributed by atoms with Crippen molar-refractivity contribution in [3.8, 4) is 0 Å². The minimum Gasteiger partial charge on any atom is -0.370 e. The summed E-state index contributed by atoms with van der Waals surface area (Å²) in [7, 11) is -7.96. The predicted molar refractivity (Wildman–Crippen MR) is 134 cm³/mol. The van der Waals surface area contributed by atoms with Gasteiger partial charge in [-0.05, 0) is 61.7 Å². The van der Waals surface area contributed by atoms with Crippen molar-refractivity contribution in [2.24, 2.45) is 5.73 Å². The highest BCUT2D eigenvalue weighted by Crippen LogP contribution is 2.21. The molecular weight excluding hydrogens is 546 g/mol. The highest BCUT2D eigenvalue weighted by molar-refractivity contribution is 7.89. The summed E-state index contributed by atoms with van der Waals surface area (Å²) in [5.41, 5.74) is 9.33. The molecule has 12 nitrogen and oxygen atoms in total. The second-order valence-corrected chi connectivity index (χ2v) is 12.3. The molecule has 0 unspecified atom stereocenters. The van der Waals surface area contributed by atoms with Gasteiger partial charge >= 0.3 is 0 Å². The summed E-state index contributed by atoms with van der Waals surface area (Å²) in [6, 6.07) is 9.03. The molecule has 1 heterocycles. The van der Waals surface area contributed by atoms with Gasteiger partial charge in [-0.25, -0.2) is 16.8 Å². The van der Waals surface area contributed by atoms with Crippen LogP contribution in [0.25, 0.3) is 0 Å². The molecule has 0 spiro atoms. The fraction of sp³-hybridized carbons (Fsp3) is 0.318. The summed E-state index contributed by atoms with van der Waals surface area (Å²) in [5, 5.41) is 0.307. The number of halogens is 1. The molecule has 1 fully saturated rings. The van der Waals surface area contributed by atoms with Gasteiger partial charge in [0.2, 0.25) is 26.0 Å². The van der Waals surface area contributed by atoms with Crippen molar-refractivity contribution in [1.29, 1.82) is 0 Å². The lowest BCUT2D eigenvalue weighted by molar-refractivity contribution is -0.124. The molecule has 15 heteroatoms. The van der Waals surface area contributed by atoms with E-state index in [1.54, 1.807) is 0 Å². The van der Waals surface area contributed by atoms with Gasteiger partial charge in [-0.1, -0.05) is 17.7 Å². The van der Waals surface area contributed by atoms with Crippen molar-refractivity contribution < 1.29 is 31.2 Å². The number of benzene rings is 2. The van der Waals surface area contributed by atoms with E-state index in [0.717, 1.165) is 12.8 Å². The fourth-order valence-corrected chi connectivity index (χ4v) is 6.47. The summed E-state index contributed by atoms with van der Waals surface area (Å²) in [5.74, 6) is -2.56. The van der Waals surface area contributed by atoms with Gasteiger partial charge in [-0.3, -0.25) is 25.2 Å². The van der Waals surface area contributed by atoms with Crippen molar-refractivity contribution in [2.75, 3.05) is 13.1 Å². The largest absolute Gasteiger partial charge is 0.370 e. The summed E-state index contributed by atoms with van der Waals surface area (Å²) in [4.78, 5) is 36.3. The van der Waals surface area contributed by atoms with Crippen LogP contribution in [0, 0.1) is 0 Å². The summed E-state index contributed by atoms with van der Waals surface area (Å²) in [6.07, 6.45) is 0.910. The number of carbonyl (C=O) groups excluding carboxylic acids is 3. The van der Waals surface area contributed by atoms with Gasteiger partial charge in [0.05, 0.1) is 9.79 Å². The van der Waals surface area contributed by atoms with E-state index in [2.05, 4.69) is 15.6 Å². The molecule has 37 heavy (non-hydrogen) atoms. The molecule has 1 atom stereocenters. The van der Waals surface area contributed by atoms with Crippen LogP contribution in [0.2, 0.25) is 5.02 Å². The third-order valence-corrected chi connectivity index (χ3v) is 9.15. The summed E-state index contributed by atoms with van der Waals surface area (Å²) < 4.78 is 54.5. The molecular formula is C22H26ClN5O7S2. The average molecular weight is 572 g/mol. The second kappa shape index (κ2) is 12.0. The highest BCUT2D eigenvalue weighted by Gasteiger charge is 2.29. The average Bonchev–Trinajstić information content (AvgIpc) is 3.41. The zero-order valence-corrected chi connectivity index (χ0v) is 21.9. The molecule has 5 N–H and O–H groups in total. The van der Waals surface area contributed by atoms with Crippen LogP contribution >= 0.6 is 11.6 Å². The zero-order valence-electron chi connectivity index (χ0n) is 19.5. The molecule has 3 rings (SSSR count). The molecule has 1 aliphatic heterocycles. The Morgan fingerprint density at radius 3 is 2.22 bits per heavy atom. The van der Waals surface area contributed by atoms with Crippen LogP contribution in [0.4, 0.5) is 0 Å². The Morgan fingerprint density at radius 1 is 0.946 bits per heavy atom. The molecule has 2 aromatic rings. The lowest BCUT2D eigenvalue weighted by Crippen LogP contribution is -2.52. The number of amides is 3. The van der Waals surface area contributed by atoms with Gasteiger partial charge in [-0.15, -0.1) is 0 Å². The van der Waals surface area contributed by atoms with E-state index < -0.39 is 43.8 Å². The first-order chi connectivity index (χ1) is 17.4. The fourth-order valence-electron chi connectivity index (χ4n) is 3.55. The van der Waals surface area contributed by atoms with Crippen molar-refractivity contribution >= 4 is 49.4 Å². The van der Waals surface area contributed by atoms with Gasteiger partial charge in [0.15, 0.2) is 0 Å². The SMILES string of the molecule is NC(=O)CC[C@@H](NS(=O)(=O)c1ccc(Cl)cc1)C(=O)NNC(=O)c1cccc(S(=O)(=O)N2CCCC2)c1. The van der Waals surface area contributed by atoms with E-state index >= 15 is 0 Å². The Balaban J connectivity index is 1.70. The van der Waals surface area contributed by atoms with Crippen LogP contribution in [-0.2, 0) is 29.6 Å². The number of nitrogens with one attached hydrogen (secondary N) is 3. The van der Waals surface area contributed by atoms with E-state index in [0.29, 0.717) is 18.1 Å². The number of sulfonamides is 2. The van der Waals surface area contributed by atoms with Crippen molar-refractivity contribution in [3.05, 3.63) is 59.1 Å². The number of hydrogen-bond donors (Lipinski definition) is 4. The molecule has 0 radical (unpaired) electrons. The van der Waals surface area contributed by atoms with Crippen LogP contribution in [0.1, 0.15) is 36.0 Å². The Bertz CT molecular complexity index is 1380. The number of rotatable bonds is 10. The molecule has 2 aromatic carbocycles. The number of carbonyl (C=O) groups is 3. The van der Waals surface area contributed by atoms with Crippen LogP contribution in [-0.4, -0.2) is 58.0 Å². The van der Waals surface area contributed by atoms with E-state index in [-0.39, 0.29) is 28.2 Å². The first kappa shape index (κ1) is 28.5. The van der Waals surface area contributed by atoms with Gasteiger partial charge < -0.3 is 5.73 Å². The number of nitrogens with two attached hydrogens (primary N) is 1. The molecule has 1 saturated heterocycles. The Labute approximate surface area is 219 Å². The van der Waals surface area contributed by atoms with Crippen LogP contribution < -0.4 is 21.3 Å². The van der Waals surface area contributed by atoms with Crippen molar-refractivity contribution in [1.82, 2.24) is 19.9 Å². The third kappa shape index (κ3) is 7.49. The maximum atomic E-state index is 12.8. The number of hydrogen-bond acceptors (Lipinski definition) is 7. The van der Waals surface area contributed by atoms with E-state index in [4.69, 9.17) is 17.3 Å². The van der Waals surface area contributed by atoms with Crippen LogP contribution in [0.3, 0.4) is 0 Å². The molecule has 0 bridgehead atoms. The second-order valence-electron chi connectivity index (χ2n) is 8.22. The van der Waals surface area contributed by atoms with Gasteiger partial charge in [0.1, 0.15) is 6.04 Å². The Morgan fingerprint density at radius 2 is 1.59 bits per heavy atom. The number of hydrazine groups is 1. The van der Waals surface area contributed by atoms with Crippen molar-refractivity contribution in [2.45, 2.75) is 41.5 Å². The van der Waals surface area contributed by atoms with E-state index in [1.807, 2.05) is 0 Å². The smallest absolute Gasteiger partial charge is 0.269 e. The van der Waals surface area contributed by atoms with Crippen LogP contribution in [0.5, 0.6) is 0 Å². The molecule has 1 aliphatic rings. The summed E-state index contributed by atoms with van der Waals surface area (Å²) >= 11 is 5.78. The maximum absolute atomic E-state index is 12.8. The van der Waals surface area contributed by atoms with Crippen molar-refractivity contribution in [3.63, 3.8) is 0 Å². The highest BCUT2D eigenvalue weighted by atomic mass is 35.5. The monoisotopic (exact) mass is 571 g/mol. The van der Waals surface area contributed by atoms with E-state index in [1.165, 1.54) is 52.8 Å². The number of nitrogens with zero attached hydrogens (tertiary/aromatic N) is 1. The first-order valence-corrected chi connectivity index (χ1v) is 14.5. The Kier molecular flexibility index (Phi) is 9.26. The Hall–Kier alpha value is -3.04. The summed E-state index contributed by atoms with van der Waals surface area (Å²) in [6.45, 7) is 0.793. The normalized spacial score (nSPS) is 15.2. The minimum atomic E-state index is -4.20. The molecule has 0 aromatic heterocycles. The minimum absolute atomic E-state index is 0.0454. The van der Waals surface area contributed by atoms with Gasteiger partial charge in [0.25, 0.3) is 11.8 Å². The topological polar surface area (TPSA) is 185 Å². The lowest BCUT2D eigenvalue weighted by atomic mass is 10.1. The molecule has 3 amide bonds. The third-order valence-electron chi connectivity index (χ3n) is 5.52. The van der Waals surface area contributed by atoms with Gasteiger partial charge in [-0.2, -0.15) is 9.03 Å². The molecule has 0 saturated carbocycles. The molecule has 0 aliphatic carbocycles. The van der Waals surface area contributed by atoms with Crippen LogP contribution in [0.15, 0.2) is 58.3 Å². The lowest BCUT2D eigenvalue weighted by Gasteiger charge is -2.19. The first-order valence-electron chi connectivity index (χ1n) is 11.2. The standard InChI is InChI=1S/C22H26ClN5O7S2/c23-16-6-8-17(9-7-16)36(32,33)27-19(10-11-20(24)29)22(31)26-25-21(30)15-4-3-5-18(14-15)37(34,35)28-12-1-2-13-28/h3-9,14,19,27H,1-2,10-13H2,(H2,24,29)(H,25,30)(H,26,31)/t19-/m1/s1. The maximum Gasteiger partial charge on any atom is 0.269 e. The quantitative estimate of drug-likeness (QED) is 0.299. The zero-order chi connectivity index (χ0) is 27.2. The predicted octanol–water partition coefficient (Wildman–Crippen LogP) is 0.498.